The fourth-order valence-electron chi connectivity index (χ4n) is 2.92. The van der Waals surface area contributed by atoms with E-state index in [0.717, 1.165) is 20.2 Å². The number of rotatable bonds is 2. The van der Waals surface area contributed by atoms with Crippen LogP contribution in [0.4, 0.5) is 8.78 Å². The molecule has 4 aromatic rings. The summed E-state index contributed by atoms with van der Waals surface area (Å²) in [6, 6.07) is 18.1. The van der Waals surface area contributed by atoms with Crippen LogP contribution in [0.3, 0.4) is 0 Å². The van der Waals surface area contributed by atoms with Gasteiger partial charge < -0.3 is 4.74 Å². The molecule has 0 saturated carbocycles. The maximum Gasteiger partial charge on any atom is 0.251 e. The Balaban J connectivity index is 2.17. The van der Waals surface area contributed by atoms with Gasteiger partial charge in [0.2, 0.25) is 0 Å². The highest BCUT2D eigenvalue weighted by Crippen LogP contribution is 2.50. The SMILES string of the molecule is COc1cc(F)c(-[s+]2c3ccccc3c3ccccc32)c(F)c1. The first-order valence-corrected chi connectivity index (χ1v) is 8.39. The number of ether oxygens (including phenoxy) is 1. The van der Waals surface area contributed by atoms with E-state index >= 15 is 0 Å². The molecule has 0 aliphatic heterocycles. The Labute approximate surface area is 134 Å². The quantitative estimate of drug-likeness (QED) is 0.409. The number of thiophene rings is 1. The standard InChI is InChI=1S/C19H13F2OS/c1-22-12-10-15(20)19(16(21)11-12)23-17-8-4-2-6-13(17)14-7-3-5-9-18(14)23/h2-11H,1H3/q+1. The van der Waals surface area contributed by atoms with Gasteiger partial charge >= 0.3 is 0 Å². The molecule has 1 heterocycles. The average Bonchev–Trinajstić information content (AvgIpc) is 2.89. The Morgan fingerprint density at radius 2 is 1.26 bits per heavy atom. The van der Waals surface area contributed by atoms with Gasteiger partial charge in [0.25, 0.3) is 4.90 Å². The molecule has 4 heteroatoms. The highest BCUT2D eigenvalue weighted by atomic mass is 32.2. The minimum atomic E-state index is -0.780. The number of halogens is 2. The third-order valence-electron chi connectivity index (χ3n) is 3.92. The zero-order valence-corrected chi connectivity index (χ0v) is 13.2. The van der Waals surface area contributed by atoms with Gasteiger partial charge in [-0.2, -0.15) is 0 Å². The fraction of sp³-hybridized carbons (Fsp3) is 0.0526. The Bertz CT molecular complexity index is 960. The summed E-state index contributed by atoms with van der Waals surface area (Å²) in [7, 11) is 0.620. The van der Waals surface area contributed by atoms with Crippen molar-refractivity contribution in [1.82, 2.24) is 0 Å². The molecule has 0 unspecified atom stereocenters. The third-order valence-corrected chi connectivity index (χ3v) is 6.31. The first-order chi connectivity index (χ1) is 11.2. The van der Waals surface area contributed by atoms with Gasteiger partial charge in [0.15, 0.2) is 21.0 Å². The van der Waals surface area contributed by atoms with Crippen molar-refractivity contribution in [2.45, 2.75) is 0 Å². The molecule has 4 rings (SSSR count). The monoisotopic (exact) mass is 327 g/mol. The molecule has 1 aromatic heterocycles. The molecule has 0 aliphatic carbocycles. The average molecular weight is 327 g/mol. The van der Waals surface area contributed by atoms with Gasteiger partial charge in [-0.15, -0.1) is 0 Å². The van der Waals surface area contributed by atoms with Crippen molar-refractivity contribution in [3.63, 3.8) is 0 Å². The molecule has 3 aromatic carbocycles. The van der Waals surface area contributed by atoms with Gasteiger partial charge in [0, 0.05) is 33.4 Å². The smallest absolute Gasteiger partial charge is 0.251 e. The second-order valence-corrected chi connectivity index (χ2v) is 7.12. The maximum atomic E-state index is 14.6. The van der Waals surface area contributed by atoms with E-state index in [1.165, 1.54) is 19.2 Å². The molecule has 0 atom stereocenters. The molecule has 0 spiro atoms. The molecule has 0 bridgehead atoms. The van der Waals surface area contributed by atoms with Crippen LogP contribution in [0.15, 0.2) is 60.7 Å². The molecule has 23 heavy (non-hydrogen) atoms. The molecule has 1 nitrogen and oxygen atoms in total. The van der Waals surface area contributed by atoms with Crippen LogP contribution in [0.25, 0.3) is 25.1 Å². The van der Waals surface area contributed by atoms with Crippen molar-refractivity contribution in [2.75, 3.05) is 7.11 Å². The first-order valence-electron chi connectivity index (χ1n) is 7.16. The van der Waals surface area contributed by atoms with E-state index in [2.05, 4.69) is 0 Å². The molecule has 0 amide bonds. The van der Waals surface area contributed by atoms with Crippen molar-refractivity contribution in [1.29, 1.82) is 0 Å². The summed E-state index contributed by atoms with van der Waals surface area (Å²) < 4.78 is 36.1. The normalized spacial score (nSPS) is 11.3. The van der Waals surface area contributed by atoms with Crippen molar-refractivity contribution in [2.24, 2.45) is 0 Å². The number of hydrogen-bond acceptors (Lipinski definition) is 1. The van der Waals surface area contributed by atoms with E-state index in [-0.39, 0.29) is 10.6 Å². The second kappa shape index (κ2) is 5.32. The summed E-state index contributed by atoms with van der Waals surface area (Å²) in [5.74, 6) is -0.957. The largest absolute Gasteiger partial charge is 0.497 e. The Morgan fingerprint density at radius 1 is 0.783 bits per heavy atom. The lowest BCUT2D eigenvalue weighted by molar-refractivity contribution is 0.407. The van der Waals surface area contributed by atoms with Crippen molar-refractivity contribution >= 4 is 30.6 Å². The predicted molar refractivity (Wildman–Crippen MR) is 91.7 cm³/mol. The summed E-state index contributed by atoms with van der Waals surface area (Å²) in [5.41, 5.74) is 0. The summed E-state index contributed by atoms with van der Waals surface area (Å²) in [4.78, 5) is 0.100. The van der Waals surface area contributed by atoms with Crippen molar-refractivity contribution < 1.29 is 13.5 Å². The Kier molecular flexibility index (Phi) is 3.27. The lowest BCUT2D eigenvalue weighted by Gasteiger charge is -2.02. The highest BCUT2D eigenvalue weighted by molar-refractivity contribution is 7.50. The van der Waals surface area contributed by atoms with Gasteiger partial charge in [-0.1, -0.05) is 24.3 Å². The molecular formula is C19H13F2OS+. The topological polar surface area (TPSA) is 9.23 Å². The maximum absolute atomic E-state index is 14.6. The Morgan fingerprint density at radius 3 is 1.74 bits per heavy atom. The Hall–Kier alpha value is -2.46. The van der Waals surface area contributed by atoms with Crippen LogP contribution in [0.1, 0.15) is 0 Å². The van der Waals surface area contributed by atoms with Gasteiger partial charge in [0.1, 0.15) is 5.75 Å². The van der Waals surface area contributed by atoms with Gasteiger partial charge in [0.05, 0.1) is 7.11 Å². The van der Waals surface area contributed by atoms with Gasteiger partial charge in [-0.25, -0.2) is 8.78 Å². The minimum Gasteiger partial charge on any atom is -0.497 e. The van der Waals surface area contributed by atoms with Gasteiger partial charge in [-0.3, -0.25) is 0 Å². The molecular weight excluding hydrogens is 314 g/mol. The van der Waals surface area contributed by atoms with E-state index in [1.807, 2.05) is 48.5 Å². The van der Waals surface area contributed by atoms with Crippen LogP contribution >= 0.6 is 10.5 Å². The van der Waals surface area contributed by atoms with Crippen LogP contribution in [0.5, 0.6) is 5.75 Å². The van der Waals surface area contributed by atoms with E-state index < -0.39 is 22.1 Å². The summed E-state index contributed by atoms with van der Waals surface area (Å²) in [6.07, 6.45) is 0. The number of fused-ring (bicyclic) bond motifs is 3. The number of hydrogen-bond donors (Lipinski definition) is 0. The van der Waals surface area contributed by atoms with E-state index in [4.69, 9.17) is 4.74 Å². The lowest BCUT2D eigenvalue weighted by atomic mass is 10.2. The molecule has 0 saturated heterocycles. The molecule has 0 fully saturated rings. The van der Waals surface area contributed by atoms with E-state index in [9.17, 15) is 8.78 Å². The lowest BCUT2D eigenvalue weighted by Crippen LogP contribution is -1.90. The first kappa shape index (κ1) is 14.2. The summed E-state index contributed by atoms with van der Waals surface area (Å²) >= 11 is 0. The zero-order valence-electron chi connectivity index (χ0n) is 12.3. The molecule has 114 valence electrons. The van der Waals surface area contributed by atoms with Crippen LogP contribution in [0.2, 0.25) is 0 Å². The summed E-state index contributed by atoms with van der Waals surface area (Å²) in [5, 5.41) is 2.09. The summed E-state index contributed by atoms with van der Waals surface area (Å²) in [6.45, 7) is 0. The van der Waals surface area contributed by atoms with Crippen molar-refractivity contribution in [3.8, 4) is 10.6 Å². The highest BCUT2D eigenvalue weighted by Gasteiger charge is 2.29. The van der Waals surface area contributed by atoms with Crippen LogP contribution in [-0.2, 0) is 0 Å². The minimum absolute atomic E-state index is 0.100. The molecule has 0 aliphatic rings. The third kappa shape index (κ3) is 2.10. The fourth-order valence-corrected chi connectivity index (χ4v) is 5.33. The predicted octanol–water partition coefficient (Wildman–Crippen LogP) is 6.02. The molecule has 0 N–H and O–H groups in total. The van der Waals surface area contributed by atoms with E-state index in [0.29, 0.717) is 0 Å². The van der Waals surface area contributed by atoms with Crippen molar-refractivity contribution in [3.05, 3.63) is 72.3 Å². The van der Waals surface area contributed by atoms with E-state index in [1.54, 1.807) is 0 Å². The second-order valence-electron chi connectivity index (χ2n) is 5.22. The number of benzene rings is 3. The van der Waals surface area contributed by atoms with Crippen LogP contribution in [0, 0.1) is 11.6 Å². The van der Waals surface area contributed by atoms with Crippen LogP contribution in [-0.4, -0.2) is 7.11 Å². The number of methoxy groups -OCH3 is 1. The van der Waals surface area contributed by atoms with Crippen LogP contribution < -0.4 is 4.74 Å². The van der Waals surface area contributed by atoms with Gasteiger partial charge in [-0.05, 0) is 24.3 Å². The zero-order chi connectivity index (χ0) is 16.0. The molecule has 0 radical (unpaired) electrons.